The molecule has 0 saturated heterocycles. The second kappa shape index (κ2) is 9.53. The summed E-state index contributed by atoms with van der Waals surface area (Å²) in [6.45, 7) is 0. The molecule has 0 fully saturated rings. The van der Waals surface area contributed by atoms with Crippen LogP contribution < -0.4 is 29.5 Å². The number of nitrogens with one attached hydrogen (secondary N) is 1. The summed E-state index contributed by atoms with van der Waals surface area (Å²) in [4.78, 5) is 24.5. The molecule has 10 heteroatoms. The van der Waals surface area contributed by atoms with Gasteiger partial charge in [-0.25, -0.2) is 4.79 Å². The van der Waals surface area contributed by atoms with Gasteiger partial charge in [-0.15, -0.1) is 0 Å². The van der Waals surface area contributed by atoms with Crippen LogP contribution in [0.5, 0.6) is 23.0 Å². The Labute approximate surface area is 194 Å². The average molecular weight is 463 g/mol. The number of methoxy groups -OCH3 is 2. The van der Waals surface area contributed by atoms with E-state index in [0.717, 1.165) is 0 Å². The van der Waals surface area contributed by atoms with Crippen molar-refractivity contribution < 1.29 is 33.7 Å². The second-order valence-electron chi connectivity index (χ2n) is 7.05. The molecule has 1 aliphatic rings. The average Bonchev–Trinajstić information content (AvgIpc) is 3.13. The number of anilines is 2. The van der Waals surface area contributed by atoms with Gasteiger partial charge in [-0.3, -0.25) is 10.0 Å². The van der Waals surface area contributed by atoms with Gasteiger partial charge in [0.25, 0.3) is 5.91 Å². The number of rotatable bonds is 6. The molecule has 0 aliphatic carbocycles. The topological polar surface area (TPSA) is 130 Å². The van der Waals surface area contributed by atoms with Crippen LogP contribution in [0.25, 0.3) is 11.6 Å². The maximum absolute atomic E-state index is 12.5. The molecule has 0 saturated carbocycles. The van der Waals surface area contributed by atoms with Crippen molar-refractivity contribution in [3.8, 4) is 23.0 Å². The van der Waals surface area contributed by atoms with E-state index in [-0.39, 0.29) is 28.3 Å². The summed E-state index contributed by atoms with van der Waals surface area (Å²) in [5, 5.41) is 22.1. The summed E-state index contributed by atoms with van der Waals surface area (Å²) in [5.41, 5.74) is 2.44. The van der Waals surface area contributed by atoms with Crippen molar-refractivity contribution in [2.75, 3.05) is 24.8 Å². The summed E-state index contributed by atoms with van der Waals surface area (Å²) in [6.07, 6.45) is 0.726. The van der Waals surface area contributed by atoms with E-state index in [9.17, 15) is 14.8 Å². The van der Waals surface area contributed by atoms with Crippen molar-refractivity contribution >= 4 is 35.1 Å². The number of amides is 1. The Kier molecular flexibility index (Phi) is 6.35. The Hall–Kier alpha value is -4.54. The lowest BCUT2D eigenvalue weighted by Gasteiger charge is -2.21. The van der Waals surface area contributed by atoms with Crippen molar-refractivity contribution in [2.24, 2.45) is 0 Å². The van der Waals surface area contributed by atoms with E-state index < -0.39 is 6.16 Å². The highest BCUT2D eigenvalue weighted by Crippen LogP contribution is 2.41. The molecule has 0 aromatic heterocycles. The first-order valence-corrected chi connectivity index (χ1v) is 9.93. The monoisotopic (exact) mass is 463 g/mol. The van der Waals surface area contributed by atoms with E-state index in [2.05, 4.69) is 5.32 Å². The molecule has 0 radical (unpaired) electrons. The maximum atomic E-state index is 12.5. The van der Waals surface area contributed by atoms with Gasteiger partial charge in [0.15, 0.2) is 11.5 Å². The van der Waals surface area contributed by atoms with Crippen LogP contribution in [0.4, 0.5) is 16.2 Å². The highest BCUT2D eigenvalue weighted by molar-refractivity contribution is 6.35. The second-order valence-corrected chi connectivity index (χ2v) is 7.05. The molecule has 0 unspecified atom stereocenters. The molecular weight excluding hydrogens is 444 g/mol. The number of hydrogen-bond donors (Lipinski definition) is 2. The zero-order chi connectivity index (χ0) is 24.2. The van der Waals surface area contributed by atoms with Crippen LogP contribution in [0, 0.1) is 5.21 Å². The smallest absolute Gasteiger partial charge is 0.519 e. The third kappa shape index (κ3) is 4.77. The predicted molar refractivity (Wildman–Crippen MR) is 123 cm³/mol. The number of fused-ring (bicyclic) bond motifs is 1. The third-order valence-electron chi connectivity index (χ3n) is 4.96. The van der Waals surface area contributed by atoms with Gasteiger partial charge >= 0.3 is 6.16 Å². The minimum Gasteiger partial charge on any atom is -0.733 e. The van der Waals surface area contributed by atoms with Gasteiger partial charge in [-0.1, -0.05) is 12.1 Å². The quantitative estimate of drug-likeness (QED) is 0.235. The van der Waals surface area contributed by atoms with E-state index in [1.165, 1.54) is 38.5 Å². The molecule has 4 rings (SSSR count). The first kappa shape index (κ1) is 22.6. The molecule has 1 heterocycles. The molecule has 2 N–H and O–H groups in total. The minimum atomic E-state index is -0.980. The van der Waals surface area contributed by atoms with Crippen molar-refractivity contribution in [3.05, 3.63) is 77.0 Å². The fourth-order valence-electron chi connectivity index (χ4n) is 3.31. The maximum Gasteiger partial charge on any atom is 0.519 e. The first-order chi connectivity index (χ1) is 16.4. The van der Waals surface area contributed by atoms with Gasteiger partial charge in [0.1, 0.15) is 11.5 Å². The van der Waals surface area contributed by atoms with Gasteiger partial charge < -0.3 is 34.7 Å². The summed E-state index contributed by atoms with van der Waals surface area (Å²) in [7, 11) is 3.04. The fourth-order valence-corrected chi connectivity index (χ4v) is 3.31. The fraction of sp³-hybridized carbons (Fsp3) is 0.0833. The van der Waals surface area contributed by atoms with Crippen molar-refractivity contribution in [2.45, 2.75) is 0 Å². The lowest BCUT2D eigenvalue weighted by Crippen LogP contribution is -2.14. The number of nitrogens with zero attached hydrogens (tertiary/aromatic N) is 1. The Morgan fingerprint density at radius 1 is 0.941 bits per heavy atom. The number of ether oxygens (including phenoxy) is 4. The van der Waals surface area contributed by atoms with E-state index in [4.69, 9.17) is 24.2 Å². The molecule has 3 aromatic rings. The Morgan fingerprint density at radius 2 is 1.50 bits per heavy atom. The van der Waals surface area contributed by atoms with Crippen LogP contribution in [-0.2, 0) is 4.79 Å². The van der Waals surface area contributed by atoms with Gasteiger partial charge in [-0.2, -0.15) is 0 Å². The SMILES string of the molecule is COc1cc2c(cc1OC)/C(=C\c1ccc(OC(=O)Oc3ccc(N([O-])O)cc3)cc1)C(=O)N2. The van der Waals surface area contributed by atoms with E-state index in [1.54, 1.807) is 42.5 Å². The molecule has 0 bridgehead atoms. The summed E-state index contributed by atoms with van der Waals surface area (Å²) in [6, 6.07) is 15.1. The Bertz CT molecular complexity index is 1250. The zero-order valence-electron chi connectivity index (χ0n) is 18.1. The highest BCUT2D eigenvalue weighted by Gasteiger charge is 2.26. The number of benzene rings is 3. The lowest BCUT2D eigenvalue weighted by molar-refractivity contribution is -0.110. The number of carbonyl (C=O) groups is 2. The largest absolute Gasteiger partial charge is 0.733 e. The molecule has 1 aliphatic heterocycles. The van der Waals surface area contributed by atoms with Crippen LogP contribution in [0.2, 0.25) is 0 Å². The van der Waals surface area contributed by atoms with Gasteiger partial charge in [0.05, 0.1) is 25.6 Å². The standard InChI is InChI=1S/C24H19N2O8/c1-31-21-12-18-19(23(27)25-20(18)13-22(21)32-2)11-14-3-7-16(8-4-14)33-24(28)34-17-9-5-15(6-10-17)26(29)30/h3-13,29H,1-2H3,(H,25,27)/q-1/b19-11+. The van der Waals surface area contributed by atoms with Crippen molar-refractivity contribution in [3.63, 3.8) is 0 Å². The normalized spacial score (nSPS) is 13.2. The first-order valence-electron chi connectivity index (χ1n) is 9.93. The van der Waals surface area contributed by atoms with Gasteiger partial charge in [-0.05, 0) is 54.1 Å². The summed E-state index contributed by atoms with van der Waals surface area (Å²) < 4.78 is 20.8. The minimum absolute atomic E-state index is 0.0124. The molecule has 34 heavy (non-hydrogen) atoms. The zero-order valence-corrected chi connectivity index (χ0v) is 18.1. The lowest BCUT2D eigenvalue weighted by atomic mass is 10.0. The van der Waals surface area contributed by atoms with Gasteiger partial charge in [0.2, 0.25) is 0 Å². The molecule has 0 atom stereocenters. The van der Waals surface area contributed by atoms with Gasteiger partial charge in [0, 0.05) is 17.2 Å². The van der Waals surface area contributed by atoms with Crippen LogP contribution in [-0.4, -0.2) is 31.5 Å². The molecule has 10 nitrogen and oxygen atoms in total. The highest BCUT2D eigenvalue weighted by atomic mass is 16.8. The number of carbonyl (C=O) groups excluding carboxylic acids is 2. The Balaban J connectivity index is 1.46. The molecule has 174 valence electrons. The van der Waals surface area contributed by atoms with Crippen LogP contribution >= 0.6 is 0 Å². The summed E-state index contributed by atoms with van der Waals surface area (Å²) in [5.74, 6) is 1.11. The van der Waals surface area contributed by atoms with Crippen LogP contribution in [0.15, 0.2) is 60.7 Å². The van der Waals surface area contributed by atoms with Crippen molar-refractivity contribution in [1.29, 1.82) is 0 Å². The van der Waals surface area contributed by atoms with E-state index in [0.29, 0.717) is 33.9 Å². The van der Waals surface area contributed by atoms with Crippen LogP contribution in [0.3, 0.4) is 0 Å². The van der Waals surface area contributed by atoms with Crippen LogP contribution in [0.1, 0.15) is 11.1 Å². The van der Waals surface area contributed by atoms with Crippen molar-refractivity contribution in [1.82, 2.24) is 0 Å². The molecule has 0 spiro atoms. The Morgan fingerprint density at radius 3 is 2.06 bits per heavy atom. The summed E-state index contributed by atoms with van der Waals surface area (Å²) >= 11 is 0. The molecule has 1 amide bonds. The number of hydrogen-bond acceptors (Lipinski definition) is 9. The molecular formula is C24H19N2O8-. The molecule has 3 aromatic carbocycles. The predicted octanol–water partition coefficient (Wildman–Crippen LogP) is 4.47. The van der Waals surface area contributed by atoms with E-state index in [1.807, 2.05) is 0 Å². The van der Waals surface area contributed by atoms with E-state index >= 15 is 0 Å². The third-order valence-corrected chi connectivity index (χ3v) is 4.96.